The summed E-state index contributed by atoms with van der Waals surface area (Å²) >= 11 is 11.6. The Morgan fingerprint density at radius 1 is 1.27 bits per heavy atom. The van der Waals surface area contributed by atoms with Crippen LogP contribution in [0.5, 0.6) is 0 Å². The van der Waals surface area contributed by atoms with Crippen LogP contribution in [0.1, 0.15) is 5.56 Å². The van der Waals surface area contributed by atoms with Crippen LogP contribution >= 0.6 is 23.2 Å². The van der Waals surface area contributed by atoms with Crippen LogP contribution in [0.4, 0.5) is 0 Å². The molecule has 1 aromatic rings. The van der Waals surface area contributed by atoms with Crippen molar-refractivity contribution in [3.05, 3.63) is 33.8 Å². The fourth-order valence-corrected chi connectivity index (χ4v) is 1.20. The number of nitrogens with two attached hydrogens (primary N) is 1. The number of hydrogen-bond donors (Lipinski definition) is 1. The van der Waals surface area contributed by atoms with Gasteiger partial charge in [0, 0.05) is 5.56 Å². The number of nitrogens with zero attached hydrogens (tertiary/aromatic N) is 1. The van der Waals surface area contributed by atoms with Crippen LogP contribution < -0.4 is 5.84 Å². The highest BCUT2D eigenvalue weighted by atomic mass is 35.5. The summed E-state index contributed by atoms with van der Waals surface area (Å²) in [6.07, 6.45) is 1.42. The molecule has 0 unspecified atom stereocenters. The van der Waals surface area contributed by atoms with E-state index in [1.54, 1.807) is 18.2 Å². The molecule has 0 amide bonds. The molecule has 0 aliphatic rings. The van der Waals surface area contributed by atoms with E-state index in [2.05, 4.69) is 5.10 Å². The van der Waals surface area contributed by atoms with Crippen LogP contribution in [0.3, 0.4) is 0 Å². The Morgan fingerprint density at radius 2 is 1.82 bits per heavy atom. The highest BCUT2D eigenvalue weighted by Crippen LogP contribution is 2.21. The van der Waals surface area contributed by atoms with Crippen molar-refractivity contribution in [2.24, 2.45) is 10.9 Å². The van der Waals surface area contributed by atoms with Crippen LogP contribution in [0, 0.1) is 0 Å². The molecule has 0 aliphatic heterocycles. The number of hydrazone groups is 1. The van der Waals surface area contributed by atoms with Crippen molar-refractivity contribution >= 4 is 29.4 Å². The second-order valence-electron chi connectivity index (χ2n) is 1.91. The van der Waals surface area contributed by atoms with E-state index in [0.29, 0.717) is 15.6 Å². The minimum Gasteiger partial charge on any atom is -0.323 e. The van der Waals surface area contributed by atoms with E-state index in [1.165, 1.54) is 6.21 Å². The van der Waals surface area contributed by atoms with Gasteiger partial charge in [-0.15, -0.1) is 0 Å². The lowest BCUT2D eigenvalue weighted by Gasteiger charge is -1.98. The van der Waals surface area contributed by atoms with E-state index in [1.807, 2.05) is 0 Å². The minimum atomic E-state index is 0.548. The van der Waals surface area contributed by atoms with Gasteiger partial charge >= 0.3 is 0 Å². The SMILES string of the molecule is N/N=C/c1c(Cl)cccc1Cl. The van der Waals surface area contributed by atoms with Crippen LogP contribution in [0.25, 0.3) is 0 Å². The molecule has 0 aromatic heterocycles. The first-order valence-corrected chi connectivity index (χ1v) is 3.68. The Kier molecular flexibility index (Phi) is 2.74. The first kappa shape index (κ1) is 8.37. The van der Waals surface area contributed by atoms with Crippen molar-refractivity contribution in [2.75, 3.05) is 0 Å². The van der Waals surface area contributed by atoms with Crippen molar-refractivity contribution in [3.8, 4) is 0 Å². The van der Waals surface area contributed by atoms with Gasteiger partial charge in [-0.25, -0.2) is 0 Å². The quantitative estimate of drug-likeness (QED) is 0.410. The Bertz CT molecular complexity index is 264. The summed E-state index contributed by atoms with van der Waals surface area (Å²) in [4.78, 5) is 0. The third-order valence-corrected chi connectivity index (χ3v) is 1.86. The second kappa shape index (κ2) is 3.60. The number of halogens is 2. The van der Waals surface area contributed by atoms with Crippen molar-refractivity contribution in [2.45, 2.75) is 0 Å². The van der Waals surface area contributed by atoms with Gasteiger partial charge < -0.3 is 5.84 Å². The summed E-state index contributed by atoms with van der Waals surface area (Å²) in [6, 6.07) is 5.22. The van der Waals surface area contributed by atoms with Crippen molar-refractivity contribution in [1.29, 1.82) is 0 Å². The van der Waals surface area contributed by atoms with Gasteiger partial charge in [0.05, 0.1) is 16.3 Å². The molecular weight excluding hydrogens is 183 g/mol. The van der Waals surface area contributed by atoms with Crippen molar-refractivity contribution in [1.82, 2.24) is 0 Å². The topological polar surface area (TPSA) is 38.4 Å². The third kappa shape index (κ3) is 1.85. The second-order valence-corrected chi connectivity index (χ2v) is 2.73. The predicted octanol–water partition coefficient (Wildman–Crippen LogP) is 2.29. The maximum Gasteiger partial charge on any atom is 0.0568 e. The largest absolute Gasteiger partial charge is 0.323 e. The molecule has 0 radical (unpaired) electrons. The number of rotatable bonds is 1. The van der Waals surface area contributed by atoms with Crippen LogP contribution in [-0.4, -0.2) is 6.21 Å². The Morgan fingerprint density at radius 3 is 2.27 bits per heavy atom. The molecule has 0 saturated heterocycles. The summed E-state index contributed by atoms with van der Waals surface area (Å²) < 4.78 is 0. The zero-order chi connectivity index (χ0) is 8.27. The third-order valence-electron chi connectivity index (χ3n) is 1.20. The molecule has 0 aliphatic carbocycles. The maximum atomic E-state index is 5.78. The summed E-state index contributed by atoms with van der Waals surface area (Å²) in [5.41, 5.74) is 0.651. The van der Waals surface area contributed by atoms with Gasteiger partial charge in [-0.05, 0) is 12.1 Å². The molecule has 58 valence electrons. The molecule has 0 bridgehead atoms. The molecule has 2 N–H and O–H groups in total. The lowest BCUT2D eigenvalue weighted by Crippen LogP contribution is -1.88. The summed E-state index contributed by atoms with van der Waals surface area (Å²) in [5.74, 6) is 4.95. The Balaban J connectivity index is 3.20. The molecule has 0 atom stereocenters. The van der Waals surface area contributed by atoms with Crippen molar-refractivity contribution in [3.63, 3.8) is 0 Å². The van der Waals surface area contributed by atoms with Gasteiger partial charge in [0.15, 0.2) is 0 Å². The molecule has 0 spiro atoms. The van der Waals surface area contributed by atoms with Gasteiger partial charge in [-0.3, -0.25) is 0 Å². The van der Waals surface area contributed by atoms with Crippen molar-refractivity contribution < 1.29 is 0 Å². The Labute approximate surface area is 74.6 Å². The molecular formula is C7H6Cl2N2. The van der Waals surface area contributed by atoms with Gasteiger partial charge in [0.25, 0.3) is 0 Å². The smallest absolute Gasteiger partial charge is 0.0568 e. The first-order valence-electron chi connectivity index (χ1n) is 2.93. The average Bonchev–Trinajstić information content (AvgIpc) is 1.97. The van der Waals surface area contributed by atoms with Crippen LogP contribution in [-0.2, 0) is 0 Å². The average molecular weight is 189 g/mol. The maximum absolute atomic E-state index is 5.78. The van der Waals surface area contributed by atoms with E-state index >= 15 is 0 Å². The van der Waals surface area contributed by atoms with Crippen LogP contribution in [0.15, 0.2) is 23.3 Å². The summed E-state index contributed by atoms with van der Waals surface area (Å²) in [5, 5.41) is 4.43. The molecule has 4 heteroatoms. The van der Waals surface area contributed by atoms with Gasteiger partial charge in [0.2, 0.25) is 0 Å². The molecule has 2 nitrogen and oxygen atoms in total. The zero-order valence-electron chi connectivity index (χ0n) is 5.59. The normalized spacial score (nSPS) is 10.7. The summed E-state index contributed by atoms with van der Waals surface area (Å²) in [6.45, 7) is 0. The fraction of sp³-hybridized carbons (Fsp3) is 0. The fourth-order valence-electron chi connectivity index (χ4n) is 0.709. The standard InChI is InChI=1S/C7H6Cl2N2/c8-6-2-1-3-7(9)5(6)4-11-10/h1-4H,10H2/b11-4+. The molecule has 1 rings (SSSR count). The number of hydrogen-bond acceptors (Lipinski definition) is 2. The van der Waals surface area contributed by atoms with E-state index in [4.69, 9.17) is 29.0 Å². The molecule has 0 fully saturated rings. The molecule has 0 saturated carbocycles. The molecule has 1 aromatic carbocycles. The van der Waals surface area contributed by atoms with Gasteiger partial charge in [-0.2, -0.15) is 5.10 Å². The summed E-state index contributed by atoms with van der Waals surface area (Å²) in [7, 11) is 0. The number of benzene rings is 1. The molecule has 0 heterocycles. The lowest BCUT2D eigenvalue weighted by molar-refractivity contribution is 1.26. The van der Waals surface area contributed by atoms with Gasteiger partial charge in [-0.1, -0.05) is 29.3 Å². The van der Waals surface area contributed by atoms with E-state index in [9.17, 15) is 0 Å². The zero-order valence-corrected chi connectivity index (χ0v) is 7.10. The highest BCUT2D eigenvalue weighted by Gasteiger charge is 2.00. The lowest BCUT2D eigenvalue weighted by atomic mass is 10.2. The van der Waals surface area contributed by atoms with Crippen LogP contribution in [0.2, 0.25) is 10.0 Å². The predicted molar refractivity (Wildman–Crippen MR) is 48.2 cm³/mol. The van der Waals surface area contributed by atoms with E-state index in [0.717, 1.165) is 0 Å². The highest BCUT2D eigenvalue weighted by molar-refractivity contribution is 6.38. The van der Waals surface area contributed by atoms with E-state index in [-0.39, 0.29) is 0 Å². The Hall–Kier alpha value is -0.730. The van der Waals surface area contributed by atoms with Gasteiger partial charge in [0.1, 0.15) is 0 Å². The molecule has 11 heavy (non-hydrogen) atoms. The minimum absolute atomic E-state index is 0.548. The first-order chi connectivity index (χ1) is 5.25. The monoisotopic (exact) mass is 188 g/mol. The van der Waals surface area contributed by atoms with E-state index < -0.39 is 0 Å².